The highest BCUT2D eigenvalue weighted by atomic mass is 35.5. The van der Waals surface area contributed by atoms with Crippen molar-refractivity contribution < 1.29 is 19.0 Å². The molecule has 3 N–H and O–H groups in total. The zero-order valence-electron chi connectivity index (χ0n) is 18.2. The second kappa shape index (κ2) is 9.99. The third-order valence-corrected chi connectivity index (χ3v) is 6.17. The van der Waals surface area contributed by atoms with Crippen LogP contribution >= 0.6 is 11.6 Å². The molecule has 0 bridgehead atoms. The molecule has 1 amide bonds. The number of nitrogens with one attached hydrogen (secondary N) is 3. The summed E-state index contributed by atoms with van der Waals surface area (Å²) in [5.74, 6) is 1.28. The average molecular weight is 471 g/mol. The van der Waals surface area contributed by atoms with E-state index in [-0.39, 0.29) is 12.0 Å². The zero-order valence-corrected chi connectivity index (χ0v) is 19.0. The van der Waals surface area contributed by atoms with E-state index in [2.05, 4.69) is 20.9 Å². The van der Waals surface area contributed by atoms with Crippen LogP contribution in [0.3, 0.4) is 0 Å². The monoisotopic (exact) mass is 470 g/mol. The van der Waals surface area contributed by atoms with E-state index in [0.717, 1.165) is 42.9 Å². The number of halogens is 1. The Hall–Kier alpha value is -2.81. The Balaban J connectivity index is 1.32. The first kappa shape index (κ1) is 22.0. The molecule has 9 heteroatoms. The highest BCUT2D eigenvalue weighted by Gasteiger charge is 2.27. The lowest BCUT2D eigenvalue weighted by molar-refractivity contribution is -0.101. The van der Waals surface area contributed by atoms with Gasteiger partial charge in [-0.15, -0.1) is 0 Å². The number of hydrogen-bond acceptors (Lipinski definition) is 5. The Labute approximate surface area is 197 Å². The summed E-state index contributed by atoms with van der Waals surface area (Å²) in [4.78, 5) is 16.8. The van der Waals surface area contributed by atoms with E-state index >= 15 is 0 Å². The van der Waals surface area contributed by atoms with Gasteiger partial charge in [0.15, 0.2) is 5.96 Å². The van der Waals surface area contributed by atoms with E-state index in [1.807, 2.05) is 30.3 Å². The molecule has 2 saturated heterocycles. The van der Waals surface area contributed by atoms with Crippen molar-refractivity contribution in [3.05, 3.63) is 52.5 Å². The minimum atomic E-state index is -0.261. The molecule has 3 aliphatic rings. The molecule has 174 valence electrons. The first-order valence-electron chi connectivity index (χ1n) is 11.3. The first-order chi connectivity index (χ1) is 16.2. The molecule has 1 saturated carbocycles. The van der Waals surface area contributed by atoms with Crippen molar-refractivity contribution >= 4 is 34.8 Å². The maximum atomic E-state index is 12.6. The van der Waals surface area contributed by atoms with Gasteiger partial charge in [-0.05, 0) is 54.7 Å². The summed E-state index contributed by atoms with van der Waals surface area (Å²) in [7, 11) is 0. The van der Waals surface area contributed by atoms with E-state index in [1.54, 1.807) is 6.07 Å². The number of carbonyl (C=O) groups is 1. The van der Waals surface area contributed by atoms with Gasteiger partial charge >= 0.3 is 0 Å². The Bertz CT molecular complexity index is 1040. The van der Waals surface area contributed by atoms with Crippen LogP contribution in [-0.4, -0.2) is 57.5 Å². The van der Waals surface area contributed by atoms with Gasteiger partial charge < -0.3 is 30.2 Å². The van der Waals surface area contributed by atoms with Crippen molar-refractivity contribution in [2.75, 3.05) is 44.8 Å². The molecule has 0 spiro atoms. The largest absolute Gasteiger partial charge is 0.489 e. The van der Waals surface area contributed by atoms with Crippen LogP contribution in [0.1, 0.15) is 34.7 Å². The number of hydrogen-bond donors (Lipinski definition) is 3. The van der Waals surface area contributed by atoms with Crippen LogP contribution in [0.4, 0.5) is 11.4 Å². The predicted octanol–water partition coefficient (Wildman–Crippen LogP) is 3.44. The minimum absolute atomic E-state index is 0.101. The zero-order chi connectivity index (χ0) is 22.6. The highest BCUT2D eigenvalue weighted by molar-refractivity contribution is 6.34. The number of guanidine groups is 1. The molecule has 0 radical (unpaired) electrons. The number of rotatable bonds is 7. The fraction of sp³-hybridized carbons (Fsp3) is 0.417. The molecule has 2 aromatic rings. The van der Waals surface area contributed by atoms with E-state index in [4.69, 9.17) is 25.8 Å². The van der Waals surface area contributed by atoms with Gasteiger partial charge in [-0.25, -0.2) is 0 Å². The van der Waals surface area contributed by atoms with Gasteiger partial charge in [-0.3, -0.25) is 4.79 Å². The summed E-state index contributed by atoms with van der Waals surface area (Å²) >= 11 is 6.66. The standard InChI is InChI=1S/C24H27ClN4O4/c25-22-20(2-1-3-21(22)33-14-17-13-31-10-11-32-17)28-19-7-6-16(12-18(19)15-4-5-15)23(30)29-24-26-8-9-27-24/h1-3,6-7,12,15,17,28H,4-5,8-11,13-14H2,(H2,26,27,29,30). The molecule has 1 aliphatic carbocycles. The molecule has 8 nitrogen and oxygen atoms in total. The van der Waals surface area contributed by atoms with E-state index in [0.29, 0.717) is 54.6 Å². The van der Waals surface area contributed by atoms with Crippen molar-refractivity contribution in [3.8, 4) is 5.75 Å². The summed E-state index contributed by atoms with van der Waals surface area (Å²) in [6.07, 6.45) is 2.10. The Kier molecular flexibility index (Phi) is 6.66. The van der Waals surface area contributed by atoms with E-state index in [9.17, 15) is 4.79 Å². The maximum absolute atomic E-state index is 12.6. The van der Waals surface area contributed by atoms with Gasteiger partial charge in [-0.2, -0.15) is 4.99 Å². The second-order valence-electron chi connectivity index (χ2n) is 8.32. The maximum Gasteiger partial charge on any atom is 0.280 e. The number of anilines is 2. The van der Waals surface area contributed by atoms with E-state index in [1.165, 1.54) is 0 Å². The van der Waals surface area contributed by atoms with Crippen LogP contribution in [0.25, 0.3) is 0 Å². The number of ether oxygens (including phenoxy) is 3. The summed E-state index contributed by atoms with van der Waals surface area (Å²) < 4.78 is 17.0. The third kappa shape index (κ3) is 5.40. The summed E-state index contributed by atoms with van der Waals surface area (Å²) in [6.45, 7) is 3.63. The lowest BCUT2D eigenvalue weighted by Crippen LogP contribution is -2.33. The topological polar surface area (TPSA) is 93.2 Å². The van der Waals surface area contributed by atoms with Crippen LogP contribution in [-0.2, 0) is 9.47 Å². The second-order valence-corrected chi connectivity index (χ2v) is 8.69. The third-order valence-electron chi connectivity index (χ3n) is 5.78. The SMILES string of the molecule is O=C(N=C1NCCN1)c1ccc(Nc2cccc(OCC3COCCO3)c2Cl)c(C2CC2)c1. The summed E-state index contributed by atoms with van der Waals surface area (Å²) in [6, 6.07) is 11.3. The minimum Gasteiger partial charge on any atom is -0.489 e. The highest BCUT2D eigenvalue weighted by Crippen LogP contribution is 2.45. The van der Waals surface area contributed by atoms with Crippen molar-refractivity contribution in [2.24, 2.45) is 4.99 Å². The lowest BCUT2D eigenvalue weighted by Gasteiger charge is -2.23. The van der Waals surface area contributed by atoms with Crippen LogP contribution in [0.15, 0.2) is 41.4 Å². The fourth-order valence-corrected chi connectivity index (χ4v) is 4.12. The quantitative estimate of drug-likeness (QED) is 0.570. The fourth-order valence-electron chi connectivity index (χ4n) is 3.89. The van der Waals surface area contributed by atoms with Crippen LogP contribution in [0.5, 0.6) is 5.75 Å². The molecule has 2 heterocycles. The predicted molar refractivity (Wildman–Crippen MR) is 127 cm³/mol. The summed E-state index contributed by atoms with van der Waals surface area (Å²) in [5.41, 5.74) is 3.35. The molecule has 2 aliphatic heterocycles. The molecule has 5 rings (SSSR count). The van der Waals surface area contributed by atoms with Crippen LogP contribution < -0.4 is 20.7 Å². The number of carbonyl (C=O) groups excluding carboxylic acids is 1. The molecular formula is C24H27ClN4O4. The van der Waals surface area contributed by atoms with Gasteiger partial charge in [0.25, 0.3) is 5.91 Å². The molecule has 3 fully saturated rings. The smallest absolute Gasteiger partial charge is 0.280 e. The molecule has 0 aromatic heterocycles. The molecule has 1 atom stereocenters. The molecular weight excluding hydrogens is 444 g/mol. The number of aliphatic imine (C=N–C) groups is 1. The number of benzene rings is 2. The van der Waals surface area contributed by atoms with Crippen molar-refractivity contribution in [1.82, 2.24) is 10.6 Å². The van der Waals surface area contributed by atoms with Crippen LogP contribution in [0.2, 0.25) is 5.02 Å². The summed E-state index contributed by atoms with van der Waals surface area (Å²) in [5, 5.41) is 10.1. The first-order valence-corrected chi connectivity index (χ1v) is 11.7. The van der Waals surface area contributed by atoms with Crippen molar-refractivity contribution in [2.45, 2.75) is 24.9 Å². The number of nitrogens with zero attached hydrogens (tertiary/aromatic N) is 1. The molecule has 2 aromatic carbocycles. The lowest BCUT2D eigenvalue weighted by atomic mass is 10.0. The van der Waals surface area contributed by atoms with Gasteiger partial charge in [-0.1, -0.05) is 17.7 Å². The Morgan fingerprint density at radius 2 is 2.00 bits per heavy atom. The Morgan fingerprint density at radius 1 is 1.15 bits per heavy atom. The van der Waals surface area contributed by atoms with Gasteiger partial charge in [0, 0.05) is 24.3 Å². The van der Waals surface area contributed by atoms with Crippen LogP contribution in [0, 0.1) is 0 Å². The van der Waals surface area contributed by atoms with Crippen molar-refractivity contribution in [1.29, 1.82) is 0 Å². The van der Waals surface area contributed by atoms with Gasteiger partial charge in [0.05, 0.1) is 25.5 Å². The van der Waals surface area contributed by atoms with Crippen molar-refractivity contribution in [3.63, 3.8) is 0 Å². The average Bonchev–Trinajstić information content (AvgIpc) is 3.56. The van der Waals surface area contributed by atoms with Gasteiger partial charge in [0.1, 0.15) is 23.5 Å². The normalized spacial score (nSPS) is 20.0. The Morgan fingerprint density at radius 3 is 2.76 bits per heavy atom. The molecule has 1 unspecified atom stereocenters. The van der Waals surface area contributed by atoms with E-state index < -0.39 is 0 Å². The number of amides is 1. The molecule has 33 heavy (non-hydrogen) atoms. The van der Waals surface area contributed by atoms with Gasteiger partial charge in [0.2, 0.25) is 0 Å².